The quantitative estimate of drug-likeness (QED) is 0.784. The predicted octanol–water partition coefficient (Wildman–Crippen LogP) is 1.36. The third-order valence-corrected chi connectivity index (χ3v) is 3.33. The Labute approximate surface area is 115 Å². The summed E-state index contributed by atoms with van der Waals surface area (Å²) >= 11 is 11.7. The highest BCUT2D eigenvalue weighted by Gasteiger charge is 2.25. The summed E-state index contributed by atoms with van der Waals surface area (Å²) in [4.78, 5) is 11.6. The maximum atomic E-state index is 11.6. The standard InChI is InChI=1S/C12H14Cl2N2O2/c13-9-1-7(2-10(14)3-9)11(17)6-16-12(18)8-4-15-5-8/h1-3,8,11,15,17H,4-6H2,(H,16,18). The van der Waals surface area contributed by atoms with E-state index in [1.165, 1.54) is 0 Å². The number of aliphatic hydroxyl groups is 1. The van der Waals surface area contributed by atoms with Crippen LogP contribution >= 0.6 is 23.2 Å². The van der Waals surface area contributed by atoms with Gasteiger partial charge in [-0.15, -0.1) is 0 Å². The highest BCUT2D eigenvalue weighted by molar-refractivity contribution is 6.34. The topological polar surface area (TPSA) is 61.4 Å². The lowest BCUT2D eigenvalue weighted by Crippen LogP contribution is -2.51. The van der Waals surface area contributed by atoms with Gasteiger partial charge in [0.25, 0.3) is 0 Å². The lowest BCUT2D eigenvalue weighted by atomic mass is 10.0. The lowest BCUT2D eigenvalue weighted by molar-refractivity contribution is -0.126. The Bertz CT molecular complexity index is 429. The molecule has 3 N–H and O–H groups in total. The number of hydrogen-bond donors (Lipinski definition) is 3. The summed E-state index contributed by atoms with van der Waals surface area (Å²) in [6, 6.07) is 4.86. The van der Waals surface area contributed by atoms with Gasteiger partial charge in [0, 0.05) is 29.7 Å². The molecule has 0 radical (unpaired) electrons. The molecule has 1 saturated heterocycles. The van der Waals surface area contributed by atoms with E-state index in [1.807, 2.05) is 0 Å². The molecule has 1 aliphatic rings. The van der Waals surface area contributed by atoms with Crippen LogP contribution in [0.5, 0.6) is 0 Å². The molecule has 0 spiro atoms. The minimum Gasteiger partial charge on any atom is -0.387 e. The fourth-order valence-corrected chi connectivity index (χ4v) is 2.24. The van der Waals surface area contributed by atoms with Gasteiger partial charge in [-0.05, 0) is 23.8 Å². The van der Waals surface area contributed by atoms with E-state index in [1.54, 1.807) is 18.2 Å². The van der Waals surface area contributed by atoms with E-state index in [4.69, 9.17) is 23.2 Å². The van der Waals surface area contributed by atoms with E-state index < -0.39 is 6.10 Å². The first-order valence-electron chi connectivity index (χ1n) is 5.69. The maximum Gasteiger partial charge on any atom is 0.225 e. The molecule has 1 heterocycles. The summed E-state index contributed by atoms with van der Waals surface area (Å²) in [5, 5.41) is 16.6. The molecule has 0 aliphatic carbocycles. The molecular weight excluding hydrogens is 275 g/mol. The smallest absolute Gasteiger partial charge is 0.225 e. The van der Waals surface area contributed by atoms with E-state index in [9.17, 15) is 9.90 Å². The molecule has 1 unspecified atom stereocenters. The number of carbonyl (C=O) groups is 1. The van der Waals surface area contributed by atoms with Crippen LogP contribution in [-0.4, -0.2) is 30.6 Å². The van der Waals surface area contributed by atoms with Gasteiger partial charge in [-0.3, -0.25) is 4.79 Å². The van der Waals surface area contributed by atoms with Crippen LogP contribution in [0.1, 0.15) is 11.7 Å². The number of benzene rings is 1. The Balaban J connectivity index is 1.90. The van der Waals surface area contributed by atoms with E-state index >= 15 is 0 Å². The SMILES string of the molecule is O=C(NCC(O)c1cc(Cl)cc(Cl)c1)C1CNC1. The minimum atomic E-state index is -0.807. The Hall–Kier alpha value is -0.810. The highest BCUT2D eigenvalue weighted by Crippen LogP contribution is 2.23. The van der Waals surface area contributed by atoms with Crippen molar-refractivity contribution in [2.24, 2.45) is 5.92 Å². The average Bonchev–Trinajstić information content (AvgIpc) is 2.22. The van der Waals surface area contributed by atoms with Gasteiger partial charge < -0.3 is 15.7 Å². The van der Waals surface area contributed by atoms with Gasteiger partial charge in [-0.2, -0.15) is 0 Å². The van der Waals surface area contributed by atoms with Crippen LogP contribution in [0.2, 0.25) is 10.0 Å². The van der Waals surface area contributed by atoms with Gasteiger partial charge in [-0.1, -0.05) is 23.2 Å². The molecule has 1 fully saturated rings. The summed E-state index contributed by atoms with van der Waals surface area (Å²) in [7, 11) is 0. The van der Waals surface area contributed by atoms with E-state index in [2.05, 4.69) is 10.6 Å². The van der Waals surface area contributed by atoms with Crippen molar-refractivity contribution in [3.8, 4) is 0 Å². The molecule has 1 aromatic carbocycles. The summed E-state index contributed by atoms with van der Waals surface area (Å²) in [5.41, 5.74) is 0.597. The zero-order chi connectivity index (χ0) is 13.1. The molecule has 0 saturated carbocycles. The molecule has 2 rings (SSSR count). The van der Waals surface area contributed by atoms with Gasteiger partial charge in [0.05, 0.1) is 12.0 Å². The second-order valence-corrected chi connectivity index (χ2v) is 5.19. The average molecular weight is 289 g/mol. The number of rotatable bonds is 4. The Morgan fingerprint density at radius 1 is 1.39 bits per heavy atom. The first kappa shape index (κ1) is 13.6. The van der Waals surface area contributed by atoms with Crippen molar-refractivity contribution in [2.45, 2.75) is 6.10 Å². The fraction of sp³-hybridized carbons (Fsp3) is 0.417. The zero-order valence-electron chi connectivity index (χ0n) is 9.62. The molecular formula is C12H14Cl2N2O2. The normalized spacial score (nSPS) is 17.1. The molecule has 18 heavy (non-hydrogen) atoms. The van der Waals surface area contributed by atoms with Crippen LogP contribution in [0.15, 0.2) is 18.2 Å². The first-order chi connectivity index (χ1) is 8.56. The zero-order valence-corrected chi connectivity index (χ0v) is 11.1. The first-order valence-corrected chi connectivity index (χ1v) is 6.44. The number of carbonyl (C=O) groups excluding carboxylic acids is 1. The van der Waals surface area contributed by atoms with E-state index in [0.29, 0.717) is 28.7 Å². The van der Waals surface area contributed by atoms with Crippen LogP contribution in [0.3, 0.4) is 0 Å². The van der Waals surface area contributed by atoms with Gasteiger partial charge in [-0.25, -0.2) is 0 Å². The highest BCUT2D eigenvalue weighted by atomic mass is 35.5. The Morgan fingerprint density at radius 3 is 2.50 bits per heavy atom. The van der Waals surface area contributed by atoms with Crippen molar-refractivity contribution < 1.29 is 9.90 Å². The second kappa shape index (κ2) is 5.89. The number of nitrogens with one attached hydrogen (secondary N) is 2. The largest absolute Gasteiger partial charge is 0.387 e. The predicted molar refractivity (Wildman–Crippen MR) is 70.8 cm³/mol. The second-order valence-electron chi connectivity index (χ2n) is 4.32. The van der Waals surface area contributed by atoms with Crippen molar-refractivity contribution >= 4 is 29.1 Å². The monoisotopic (exact) mass is 288 g/mol. The van der Waals surface area contributed by atoms with Crippen LogP contribution in [0.25, 0.3) is 0 Å². The van der Waals surface area contributed by atoms with Gasteiger partial charge in [0.2, 0.25) is 5.91 Å². The summed E-state index contributed by atoms with van der Waals surface area (Å²) in [6.45, 7) is 1.56. The molecule has 1 atom stereocenters. The van der Waals surface area contributed by atoms with E-state index in [0.717, 1.165) is 0 Å². The molecule has 1 aromatic rings. The number of aliphatic hydroxyl groups excluding tert-OH is 1. The van der Waals surface area contributed by atoms with Crippen LogP contribution in [-0.2, 0) is 4.79 Å². The van der Waals surface area contributed by atoms with Crippen molar-refractivity contribution in [2.75, 3.05) is 19.6 Å². The summed E-state index contributed by atoms with van der Waals surface area (Å²) in [6.07, 6.45) is -0.807. The van der Waals surface area contributed by atoms with Crippen molar-refractivity contribution in [3.05, 3.63) is 33.8 Å². The molecule has 1 aliphatic heterocycles. The Morgan fingerprint density at radius 2 is 2.00 bits per heavy atom. The van der Waals surface area contributed by atoms with Crippen LogP contribution < -0.4 is 10.6 Å². The Kier molecular flexibility index (Phi) is 4.45. The van der Waals surface area contributed by atoms with Gasteiger partial charge in [0.1, 0.15) is 0 Å². The van der Waals surface area contributed by atoms with Crippen molar-refractivity contribution in [3.63, 3.8) is 0 Å². The number of halogens is 2. The molecule has 0 aromatic heterocycles. The molecule has 1 amide bonds. The molecule has 98 valence electrons. The summed E-state index contributed by atoms with van der Waals surface area (Å²) in [5.74, 6) is -0.0268. The molecule has 0 bridgehead atoms. The minimum absolute atomic E-state index is 0.0140. The van der Waals surface area contributed by atoms with Crippen LogP contribution in [0, 0.1) is 5.92 Å². The molecule has 6 heteroatoms. The lowest BCUT2D eigenvalue weighted by Gasteiger charge is -2.26. The maximum absolute atomic E-state index is 11.6. The fourth-order valence-electron chi connectivity index (χ4n) is 1.70. The van der Waals surface area contributed by atoms with Crippen molar-refractivity contribution in [1.29, 1.82) is 0 Å². The molecule has 4 nitrogen and oxygen atoms in total. The third-order valence-electron chi connectivity index (χ3n) is 2.89. The van der Waals surface area contributed by atoms with Crippen LogP contribution in [0.4, 0.5) is 0 Å². The van der Waals surface area contributed by atoms with E-state index in [-0.39, 0.29) is 18.4 Å². The van der Waals surface area contributed by atoms with Gasteiger partial charge >= 0.3 is 0 Å². The van der Waals surface area contributed by atoms with Crippen molar-refractivity contribution in [1.82, 2.24) is 10.6 Å². The summed E-state index contributed by atoms with van der Waals surface area (Å²) < 4.78 is 0. The number of amides is 1. The van der Waals surface area contributed by atoms with Gasteiger partial charge in [0.15, 0.2) is 0 Å². The number of hydrogen-bond acceptors (Lipinski definition) is 3. The third kappa shape index (κ3) is 3.36.